The molecule has 2 heterocycles. The number of rotatable bonds is 2. The summed E-state index contributed by atoms with van der Waals surface area (Å²) >= 11 is 6.05. The summed E-state index contributed by atoms with van der Waals surface area (Å²) in [7, 11) is -3.59. The van der Waals surface area contributed by atoms with E-state index in [4.69, 9.17) is 16.9 Å². The van der Waals surface area contributed by atoms with Crippen molar-refractivity contribution in [2.45, 2.75) is 23.8 Å². The highest BCUT2D eigenvalue weighted by Crippen LogP contribution is 2.31. The van der Waals surface area contributed by atoms with Gasteiger partial charge in [-0.15, -0.1) is 0 Å². The Morgan fingerprint density at radius 3 is 2.90 bits per heavy atom. The second-order valence-electron chi connectivity index (χ2n) is 5.52. The van der Waals surface area contributed by atoms with Gasteiger partial charge in [-0.3, -0.25) is 0 Å². The maximum absolute atomic E-state index is 12.7. The number of sulfonamides is 1. The van der Waals surface area contributed by atoms with E-state index in [0.717, 1.165) is 19.4 Å². The first kappa shape index (κ1) is 14.8. The third kappa shape index (κ3) is 2.67. The zero-order chi connectivity index (χ0) is 15.0. The van der Waals surface area contributed by atoms with Gasteiger partial charge in [0.1, 0.15) is 4.90 Å². The fourth-order valence-corrected chi connectivity index (χ4v) is 5.18. The number of nitriles is 1. The zero-order valence-corrected chi connectivity index (χ0v) is 13.0. The second-order valence-corrected chi connectivity index (χ2v) is 7.83. The number of halogens is 1. The third-order valence-corrected chi connectivity index (χ3v) is 6.65. The first-order valence-corrected chi connectivity index (χ1v) is 8.77. The van der Waals surface area contributed by atoms with Crippen molar-refractivity contribution in [3.63, 3.8) is 0 Å². The average Bonchev–Trinajstić information content (AvgIpc) is 2.94. The molecule has 0 aromatic heterocycles. The molecule has 2 aliphatic rings. The molecule has 0 amide bonds. The van der Waals surface area contributed by atoms with Crippen LogP contribution >= 0.6 is 11.6 Å². The van der Waals surface area contributed by atoms with Gasteiger partial charge in [0.15, 0.2) is 0 Å². The minimum atomic E-state index is -3.59. The maximum Gasteiger partial charge on any atom is 0.244 e. The summed E-state index contributed by atoms with van der Waals surface area (Å²) in [5.41, 5.74) is 0.359. The number of nitrogens with zero attached hydrogens (tertiary/aromatic N) is 2. The van der Waals surface area contributed by atoms with Gasteiger partial charge in [0.2, 0.25) is 10.0 Å². The Labute approximate surface area is 129 Å². The van der Waals surface area contributed by atoms with E-state index >= 15 is 0 Å². The summed E-state index contributed by atoms with van der Waals surface area (Å²) in [6.45, 7) is 2.00. The van der Waals surface area contributed by atoms with Crippen molar-refractivity contribution < 1.29 is 8.42 Å². The summed E-state index contributed by atoms with van der Waals surface area (Å²) < 4.78 is 27.0. The predicted octanol–water partition coefficient (Wildman–Crippen LogP) is 1.58. The van der Waals surface area contributed by atoms with Gasteiger partial charge in [-0.05, 0) is 43.5 Å². The number of piperidine rings is 1. The van der Waals surface area contributed by atoms with Crippen LogP contribution in [-0.2, 0) is 10.0 Å². The Bertz CT molecular complexity index is 699. The van der Waals surface area contributed by atoms with Gasteiger partial charge in [0.05, 0.1) is 16.7 Å². The van der Waals surface area contributed by atoms with Gasteiger partial charge < -0.3 is 5.32 Å². The largest absolute Gasteiger partial charge is 0.314 e. The maximum atomic E-state index is 12.7. The molecule has 0 radical (unpaired) electrons. The van der Waals surface area contributed by atoms with Crippen molar-refractivity contribution >= 4 is 21.6 Å². The summed E-state index contributed by atoms with van der Waals surface area (Å²) in [6, 6.07) is 6.71. The second kappa shape index (κ2) is 5.58. The van der Waals surface area contributed by atoms with E-state index in [2.05, 4.69) is 5.32 Å². The molecule has 21 heavy (non-hydrogen) atoms. The number of hydrogen-bond donors (Lipinski definition) is 1. The van der Waals surface area contributed by atoms with Gasteiger partial charge in [0.25, 0.3) is 0 Å². The minimum Gasteiger partial charge on any atom is -0.314 e. The Kier molecular flexibility index (Phi) is 3.93. The van der Waals surface area contributed by atoms with Gasteiger partial charge in [-0.2, -0.15) is 9.57 Å². The summed E-state index contributed by atoms with van der Waals surface area (Å²) in [5.74, 6) is 0.380. The lowest BCUT2D eigenvalue weighted by atomic mass is 9.95. The van der Waals surface area contributed by atoms with Crippen LogP contribution < -0.4 is 5.32 Å². The highest BCUT2D eigenvalue weighted by Gasteiger charge is 2.38. The van der Waals surface area contributed by atoms with E-state index in [-0.39, 0.29) is 9.92 Å². The van der Waals surface area contributed by atoms with Crippen molar-refractivity contribution in [2.75, 3.05) is 19.6 Å². The molecule has 2 atom stereocenters. The number of fused-ring (bicyclic) bond motifs is 1. The third-order valence-electron chi connectivity index (χ3n) is 4.30. The normalized spacial score (nSPS) is 26.3. The molecule has 2 aliphatic heterocycles. The summed E-state index contributed by atoms with van der Waals surface area (Å²) in [5, 5.41) is 12.4. The van der Waals surface area contributed by atoms with E-state index in [1.165, 1.54) is 22.5 Å². The first-order chi connectivity index (χ1) is 10.0. The Balaban J connectivity index is 1.88. The van der Waals surface area contributed by atoms with Crippen LogP contribution in [0.4, 0.5) is 0 Å². The van der Waals surface area contributed by atoms with Crippen LogP contribution in [0, 0.1) is 17.2 Å². The molecule has 112 valence electrons. The van der Waals surface area contributed by atoms with Gasteiger partial charge in [-0.25, -0.2) is 8.42 Å². The Morgan fingerprint density at radius 2 is 2.19 bits per heavy atom. The van der Waals surface area contributed by atoms with Crippen LogP contribution in [-0.4, -0.2) is 38.4 Å². The molecule has 2 saturated heterocycles. The molecule has 1 N–H and O–H groups in total. The Hall–Kier alpha value is -1.13. The van der Waals surface area contributed by atoms with Crippen LogP contribution in [0.2, 0.25) is 5.02 Å². The van der Waals surface area contributed by atoms with Crippen LogP contribution in [0.5, 0.6) is 0 Å². The molecular weight excluding hydrogens is 310 g/mol. The van der Waals surface area contributed by atoms with Crippen LogP contribution in [0.1, 0.15) is 18.4 Å². The number of benzene rings is 1. The average molecular weight is 326 g/mol. The van der Waals surface area contributed by atoms with Crippen LogP contribution in [0.15, 0.2) is 23.1 Å². The number of hydrogen-bond acceptors (Lipinski definition) is 4. The molecule has 7 heteroatoms. The van der Waals surface area contributed by atoms with Gasteiger partial charge >= 0.3 is 0 Å². The monoisotopic (exact) mass is 325 g/mol. The molecule has 2 fully saturated rings. The van der Waals surface area contributed by atoms with E-state index in [1.807, 2.05) is 6.07 Å². The zero-order valence-electron chi connectivity index (χ0n) is 11.4. The fourth-order valence-electron chi connectivity index (χ4n) is 3.15. The highest BCUT2D eigenvalue weighted by atomic mass is 35.5. The lowest BCUT2D eigenvalue weighted by molar-refractivity contribution is 0.247. The SMILES string of the molecule is N#Cc1ccc(S(=O)(=O)N2CCC3NCCC3C2)c(Cl)c1. The molecule has 0 spiro atoms. The smallest absolute Gasteiger partial charge is 0.244 e. The first-order valence-electron chi connectivity index (χ1n) is 6.95. The molecule has 0 aliphatic carbocycles. The molecule has 5 nitrogen and oxygen atoms in total. The van der Waals surface area contributed by atoms with Crippen molar-refractivity contribution in [3.8, 4) is 6.07 Å². The molecule has 1 aromatic carbocycles. The van der Waals surface area contributed by atoms with E-state index < -0.39 is 10.0 Å². The summed E-state index contributed by atoms with van der Waals surface area (Å²) in [6.07, 6.45) is 1.84. The molecule has 0 saturated carbocycles. The lowest BCUT2D eigenvalue weighted by Gasteiger charge is -2.34. The van der Waals surface area contributed by atoms with Crippen molar-refractivity contribution in [3.05, 3.63) is 28.8 Å². The Morgan fingerprint density at radius 1 is 1.38 bits per heavy atom. The topological polar surface area (TPSA) is 73.2 Å². The predicted molar refractivity (Wildman–Crippen MR) is 79.4 cm³/mol. The quantitative estimate of drug-likeness (QED) is 0.896. The molecule has 2 unspecified atom stereocenters. The standard InChI is InChI=1S/C14H16ClN3O2S/c15-12-7-10(8-16)1-2-14(12)21(19,20)18-6-4-13-11(9-18)3-5-17-13/h1-2,7,11,13,17H,3-6,9H2. The highest BCUT2D eigenvalue weighted by molar-refractivity contribution is 7.89. The van der Waals surface area contributed by atoms with E-state index in [1.54, 1.807) is 0 Å². The lowest BCUT2D eigenvalue weighted by Crippen LogP contribution is -2.46. The van der Waals surface area contributed by atoms with Crippen molar-refractivity contribution in [1.82, 2.24) is 9.62 Å². The van der Waals surface area contributed by atoms with E-state index in [0.29, 0.717) is 30.6 Å². The molecule has 0 bridgehead atoms. The van der Waals surface area contributed by atoms with Gasteiger partial charge in [0, 0.05) is 19.1 Å². The molecule has 1 aromatic rings. The minimum absolute atomic E-state index is 0.0903. The van der Waals surface area contributed by atoms with Gasteiger partial charge in [-0.1, -0.05) is 11.6 Å². The fraction of sp³-hybridized carbons (Fsp3) is 0.500. The van der Waals surface area contributed by atoms with Crippen LogP contribution in [0.25, 0.3) is 0 Å². The number of nitrogens with one attached hydrogen (secondary N) is 1. The van der Waals surface area contributed by atoms with Crippen molar-refractivity contribution in [2.24, 2.45) is 5.92 Å². The van der Waals surface area contributed by atoms with Crippen LogP contribution in [0.3, 0.4) is 0 Å². The summed E-state index contributed by atoms with van der Waals surface area (Å²) in [4.78, 5) is 0.0903. The van der Waals surface area contributed by atoms with E-state index in [9.17, 15) is 8.42 Å². The molecule has 3 rings (SSSR count). The molecular formula is C14H16ClN3O2S. The van der Waals surface area contributed by atoms with Crippen molar-refractivity contribution in [1.29, 1.82) is 5.26 Å².